The summed E-state index contributed by atoms with van der Waals surface area (Å²) in [7, 11) is 1.78. The Morgan fingerprint density at radius 1 is 1.58 bits per heavy atom. The van der Waals surface area contributed by atoms with Crippen LogP contribution in [0.25, 0.3) is 11.0 Å². The van der Waals surface area contributed by atoms with Crippen molar-refractivity contribution in [1.29, 1.82) is 0 Å². The zero-order valence-electron chi connectivity index (χ0n) is 6.51. The van der Waals surface area contributed by atoms with E-state index in [1.54, 1.807) is 13.1 Å². The van der Waals surface area contributed by atoms with Gasteiger partial charge in [0.15, 0.2) is 0 Å². The first-order chi connectivity index (χ1) is 5.81. The van der Waals surface area contributed by atoms with Crippen molar-refractivity contribution >= 4 is 16.9 Å². The SMILES string of the molecule is CNc1cc2c(=O)[nH]cnc2[nH]1. The van der Waals surface area contributed by atoms with Crippen LogP contribution in [0.5, 0.6) is 0 Å². The molecule has 2 aromatic heterocycles. The predicted molar refractivity (Wildman–Crippen MR) is 46.3 cm³/mol. The van der Waals surface area contributed by atoms with Gasteiger partial charge < -0.3 is 15.3 Å². The monoisotopic (exact) mass is 164 g/mol. The highest BCUT2D eigenvalue weighted by atomic mass is 16.1. The van der Waals surface area contributed by atoms with Crippen molar-refractivity contribution in [3.05, 3.63) is 22.7 Å². The van der Waals surface area contributed by atoms with Gasteiger partial charge >= 0.3 is 0 Å². The van der Waals surface area contributed by atoms with Gasteiger partial charge in [0.05, 0.1) is 11.7 Å². The maximum atomic E-state index is 11.2. The Bertz CT molecular complexity index is 456. The van der Waals surface area contributed by atoms with Crippen LogP contribution in [0.4, 0.5) is 5.82 Å². The molecule has 0 radical (unpaired) electrons. The van der Waals surface area contributed by atoms with Gasteiger partial charge in [-0.1, -0.05) is 0 Å². The van der Waals surface area contributed by atoms with Crippen LogP contribution in [0, 0.1) is 0 Å². The smallest absolute Gasteiger partial charge is 0.260 e. The number of aromatic nitrogens is 3. The Balaban J connectivity index is 2.83. The van der Waals surface area contributed by atoms with Gasteiger partial charge in [-0.05, 0) is 6.07 Å². The topological polar surface area (TPSA) is 73.6 Å². The van der Waals surface area contributed by atoms with Crippen LogP contribution in [0.1, 0.15) is 0 Å². The summed E-state index contributed by atoms with van der Waals surface area (Å²) in [6, 6.07) is 1.72. The molecule has 0 atom stereocenters. The molecular weight excluding hydrogens is 156 g/mol. The molecule has 0 saturated carbocycles. The lowest BCUT2D eigenvalue weighted by Gasteiger charge is -1.88. The molecule has 0 spiro atoms. The Kier molecular flexibility index (Phi) is 1.36. The van der Waals surface area contributed by atoms with Crippen LogP contribution in [0.3, 0.4) is 0 Å². The normalized spacial score (nSPS) is 10.4. The third kappa shape index (κ3) is 0.868. The van der Waals surface area contributed by atoms with Crippen molar-refractivity contribution in [3.63, 3.8) is 0 Å². The lowest BCUT2D eigenvalue weighted by Crippen LogP contribution is -2.04. The Labute approximate surface area is 67.8 Å². The molecule has 0 unspecified atom stereocenters. The van der Waals surface area contributed by atoms with Crippen molar-refractivity contribution in [1.82, 2.24) is 15.0 Å². The van der Waals surface area contributed by atoms with E-state index in [4.69, 9.17) is 0 Å². The molecule has 0 aliphatic rings. The van der Waals surface area contributed by atoms with Crippen LogP contribution in [-0.4, -0.2) is 22.0 Å². The highest BCUT2D eigenvalue weighted by molar-refractivity contribution is 5.79. The second kappa shape index (κ2) is 2.37. The second-order valence-corrected chi connectivity index (χ2v) is 2.43. The molecule has 5 heteroatoms. The van der Waals surface area contributed by atoms with E-state index in [0.717, 1.165) is 5.82 Å². The largest absolute Gasteiger partial charge is 0.375 e. The van der Waals surface area contributed by atoms with Crippen molar-refractivity contribution in [2.75, 3.05) is 12.4 Å². The first-order valence-corrected chi connectivity index (χ1v) is 3.55. The average molecular weight is 164 g/mol. The highest BCUT2D eigenvalue weighted by Gasteiger charge is 2.02. The number of fused-ring (bicyclic) bond motifs is 1. The Hall–Kier alpha value is -1.78. The van der Waals surface area contributed by atoms with E-state index in [2.05, 4.69) is 20.3 Å². The van der Waals surface area contributed by atoms with Gasteiger partial charge in [0.25, 0.3) is 5.56 Å². The van der Waals surface area contributed by atoms with Gasteiger partial charge in [-0.15, -0.1) is 0 Å². The number of hydrogen-bond acceptors (Lipinski definition) is 3. The maximum Gasteiger partial charge on any atom is 0.260 e. The number of H-pyrrole nitrogens is 2. The van der Waals surface area contributed by atoms with E-state index in [1.165, 1.54) is 6.33 Å². The summed E-state index contributed by atoms with van der Waals surface area (Å²) in [5.41, 5.74) is 0.473. The summed E-state index contributed by atoms with van der Waals surface area (Å²) in [5.74, 6) is 0.786. The lowest BCUT2D eigenvalue weighted by molar-refractivity contribution is 1.16. The minimum absolute atomic E-state index is 0.127. The van der Waals surface area contributed by atoms with E-state index >= 15 is 0 Å². The minimum Gasteiger partial charge on any atom is -0.375 e. The van der Waals surface area contributed by atoms with E-state index in [1.807, 2.05) is 0 Å². The summed E-state index contributed by atoms with van der Waals surface area (Å²) in [6.45, 7) is 0. The van der Waals surface area contributed by atoms with E-state index in [9.17, 15) is 4.79 Å². The van der Waals surface area contributed by atoms with Gasteiger partial charge in [0, 0.05) is 7.05 Å². The van der Waals surface area contributed by atoms with Crippen LogP contribution in [0.2, 0.25) is 0 Å². The molecule has 12 heavy (non-hydrogen) atoms. The summed E-state index contributed by atoms with van der Waals surface area (Å²) in [4.78, 5) is 20.6. The minimum atomic E-state index is -0.127. The average Bonchev–Trinajstić information content (AvgIpc) is 2.49. The van der Waals surface area contributed by atoms with E-state index < -0.39 is 0 Å². The van der Waals surface area contributed by atoms with Gasteiger partial charge in [-0.2, -0.15) is 0 Å². The number of aromatic amines is 2. The summed E-state index contributed by atoms with van der Waals surface area (Å²) < 4.78 is 0. The van der Waals surface area contributed by atoms with Crippen molar-refractivity contribution < 1.29 is 0 Å². The van der Waals surface area contributed by atoms with Crippen LogP contribution >= 0.6 is 0 Å². The van der Waals surface area contributed by atoms with Crippen LogP contribution < -0.4 is 10.9 Å². The molecule has 0 saturated heterocycles. The van der Waals surface area contributed by atoms with Crippen molar-refractivity contribution in [3.8, 4) is 0 Å². The maximum absolute atomic E-state index is 11.2. The molecular formula is C7H8N4O. The van der Waals surface area contributed by atoms with Crippen molar-refractivity contribution in [2.24, 2.45) is 0 Å². The number of nitrogens with zero attached hydrogens (tertiary/aromatic N) is 1. The molecule has 0 aliphatic heterocycles. The van der Waals surface area contributed by atoms with Crippen LogP contribution in [-0.2, 0) is 0 Å². The number of rotatable bonds is 1. The van der Waals surface area contributed by atoms with E-state index in [-0.39, 0.29) is 5.56 Å². The lowest BCUT2D eigenvalue weighted by atomic mass is 10.4. The first kappa shape index (κ1) is 6.90. The zero-order valence-corrected chi connectivity index (χ0v) is 6.51. The fraction of sp³-hybridized carbons (Fsp3) is 0.143. The van der Waals surface area contributed by atoms with Gasteiger partial charge in [-0.25, -0.2) is 4.98 Å². The summed E-state index contributed by atoms with van der Waals surface area (Å²) in [5, 5.41) is 3.47. The van der Waals surface area contributed by atoms with Crippen molar-refractivity contribution in [2.45, 2.75) is 0 Å². The van der Waals surface area contributed by atoms with Gasteiger partial charge in [-0.3, -0.25) is 4.79 Å². The van der Waals surface area contributed by atoms with Gasteiger partial charge in [0.2, 0.25) is 0 Å². The second-order valence-electron chi connectivity index (χ2n) is 2.43. The quantitative estimate of drug-likeness (QED) is 0.567. The fourth-order valence-electron chi connectivity index (χ4n) is 1.09. The molecule has 3 N–H and O–H groups in total. The third-order valence-electron chi connectivity index (χ3n) is 1.70. The summed E-state index contributed by atoms with van der Waals surface area (Å²) >= 11 is 0. The van der Waals surface area contributed by atoms with Crippen LogP contribution in [0.15, 0.2) is 17.2 Å². The Morgan fingerprint density at radius 3 is 3.08 bits per heavy atom. The molecule has 0 aromatic carbocycles. The third-order valence-corrected chi connectivity index (χ3v) is 1.70. The fourth-order valence-corrected chi connectivity index (χ4v) is 1.09. The Morgan fingerprint density at radius 2 is 2.42 bits per heavy atom. The van der Waals surface area contributed by atoms with E-state index in [0.29, 0.717) is 11.0 Å². The summed E-state index contributed by atoms with van der Waals surface area (Å²) in [6.07, 6.45) is 1.38. The number of anilines is 1. The standard InChI is InChI=1S/C7H8N4O/c1-8-5-2-4-6(11-5)9-3-10-7(4)12/h2-3,8H,1H3,(H2,9,10,11,12). The highest BCUT2D eigenvalue weighted by Crippen LogP contribution is 2.10. The molecule has 0 amide bonds. The molecule has 2 rings (SSSR count). The molecule has 62 valence electrons. The predicted octanol–water partition coefficient (Wildman–Crippen LogP) is 0.293. The molecule has 2 heterocycles. The molecule has 5 nitrogen and oxygen atoms in total. The molecule has 0 aliphatic carbocycles. The molecule has 0 fully saturated rings. The zero-order chi connectivity index (χ0) is 8.55. The molecule has 2 aromatic rings. The first-order valence-electron chi connectivity index (χ1n) is 3.55. The molecule has 0 bridgehead atoms. The van der Waals surface area contributed by atoms with Gasteiger partial charge in [0.1, 0.15) is 11.5 Å². The number of hydrogen-bond donors (Lipinski definition) is 3. The number of nitrogens with one attached hydrogen (secondary N) is 3.